The molecular weight excluding hydrogens is 300 g/mol. The number of para-hydroxylation sites is 1. The Bertz CT molecular complexity index is 625. The minimum atomic E-state index is 0.153. The summed E-state index contributed by atoms with van der Waals surface area (Å²) in [5, 5.41) is 0. The van der Waals surface area contributed by atoms with Gasteiger partial charge in [-0.25, -0.2) is 0 Å². The lowest BCUT2D eigenvalue weighted by Crippen LogP contribution is -2.47. The van der Waals surface area contributed by atoms with E-state index in [2.05, 4.69) is 23.8 Å². The highest BCUT2D eigenvalue weighted by Gasteiger charge is 2.16. The zero-order valence-electron chi connectivity index (χ0n) is 14.5. The van der Waals surface area contributed by atoms with Crippen LogP contribution in [0, 0.1) is 0 Å². The van der Waals surface area contributed by atoms with Crippen LogP contribution in [0.25, 0.3) is 0 Å². The fraction of sp³-hybridized carbons (Fsp3) is 0.400. The van der Waals surface area contributed by atoms with Crippen LogP contribution in [0.4, 0.5) is 0 Å². The minimum Gasteiger partial charge on any atom is -0.489 e. The maximum Gasteiger partial charge on any atom is 0.131 e. The van der Waals surface area contributed by atoms with Gasteiger partial charge in [-0.3, -0.25) is 4.90 Å². The molecule has 4 heteroatoms. The Morgan fingerprint density at radius 2 is 1.54 bits per heavy atom. The van der Waals surface area contributed by atoms with Crippen molar-refractivity contribution < 1.29 is 9.47 Å². The van der Waals surface area contributed by atoms with Gasteiger partial charge in [-0.05, 0) is 38.2 Å². The monoisotopic (exact) mass is 326 g/mol. The van der Waals surface area contributed by atoms with E-state index >= 15 is 0 Å². The summed E-state index contributed by atoms with van der Waals surface area (Å²) in [6.45, 7) is 7.57. The third kappa shape index (κ3) is 4.98. The summed E-state index contributed by atoms with van der Waals surface area (Å²) >= 11 is 0. The quantitative estimate of drug-likeness (QED) is 0.811. The summed E-state index contributed by atoms with van der Waals surface area (Å²) in [6.07, 6.45) is 0.153. The molecule has 0 aromatic heterocycles. The Morgan fingerprint density at radius 1 is 0.875 bits per heavy atom. The highest BCUT2D eigenvalue weighted by molar-refractivity contribution is 5.36. The van der Waals surface area contributed by atoms with Crippen LogP contribution in [0.15, 0.2) is 54.6 Å². The molecule has 0 amide bonds. The summed E-state index contributed by atoms with van der Waals surface area (Å²) in [7, 11) is 2.18. The largest absolute Gasteiger partial charge is 0.489 e. The molecule has 0 radical (unpaired) electrons. The summed E-state index contributed by atoms with van der Waals surface area (Å²) in [4.78, 5) is 4.83. The van der Waals surface area contributed by atoms with Crippen LogP contribution >= 0.6 is 0 Å². The number of piperazine rings is 1. The zero-order valence-corrected chi connectivity index (χ0v) is 14.5. The van der Waals surface area contributed by atoms with Gasteiger partial charge in [-0.15, -0.1) is 0 Å². The Morgan fingerprint density at radius 3 is 2.29 bits per heavy atom. The molecule has 4 nitrogen and oxygen atoms in total. The Labute approximate surface area is 144 Å². The maximum atomic E-state index is 6.09. The van der Waals surface area contributed by atoms with E-state index in [0.29, 0.717) is 0 Å². The lowest BCUT2D eigenvalue weighted by Gasteiger charge is -2.33. The number of likely N-dealkylation sites (N-methyl/N-ethyl adjacent to an activating group) is 1. The van der Waals surface area contributed by atoms with Crippen LogP contribution in [0.2, 0.25) is 0 Å². The van der Waals surface area contributed by atoms with Gasteiger partial charge in [0, 0.05) is 38.8 Å². The average molecular weight is 326 g/mol. The van der Waals surface area contributed by atoms with Crippen LogP contribution in [-0.2, 0) is 0 Å². The highest BCUT2D eigenvalue weighted by Crippen LogP contribution is 2.25. The van der Waals surface area contributed by atoms with E-state index in [4.69, 9.17) is 9.47 Å². The molecule has 24 heavy (non-hydrogen) atoms. The maximum absolute atomic E-state index is 6.09. The lowest BCUT2D eigenvalue weighted by molar-refractivity contribution is 0.101. The van der Waals surface area contributed by atoms with Crippen molar-refractivity contribution in [1.29, 1.82) is 0 Å². The van der Waals surface area contributed by atoms with Crippen LogP contribution in [0.5, 0.6) is 17.2 Å². The Kier molecular flexibility index (Phi) is 5.72. The van der Waals surface area contributed by atoms with Gasteiger partial charge in [0.25, 0.3) is 0 Å². The first kappa shape index (κ1) is 16.8. The van der Waals surface area contributed by atoms with E-state index in [1.807, 2.05) is 54.6 Å². The molecule has 0 spiro atoms. The molecule has 1 aliphatic rings. The molecule has 1 fully saturated rings. The molecule has 2 aromatic carbocycles. The summed E-state index contributed by atoms with van der Waals surface area (Å²) in [5.41, 5.74) is 0. The topological polar surface area (TPSA) is 24.9 Å². The Hall–Kier alpha value is -2.04. The molecule has 0 saturated carbocycles. The second-order valence-electron chi connectivity index (χ2n) is 6.42. The first-order chi connectivity index (χ1) is 11.7. The second-order valence-corrected chi connectivity index (χ2v) is 6.42. The molecular formula is C20H26N2O2. The van der Waals surface area contributed by atoms with Crippen molar-refractivity contribution in [3.63, 3.8) is 0 Å². The molecule has 1 unspecified atom stereocenters. The molecule has 1 saturated heterocycles. The second kappa shape index (κ2) is 8.18. The summed E-state index contributed by atoms with van der Waals surface area (Å²) in [5.74, 6) is 2.48. The predicted octanol–water partition coefficient (Wildman–Crippen LogP) is 3.49. The van der Waals surface area contributed by atoms with Gasteiger partial charge in [-0.2, -0.15) is 0 Å². The van der Waals surface area contributed by atoms with Crippen molar-refractivity contribution in [2.45, 2.75) is 13.0 Å². The highest BCUT2D eigenvalue weighted by atomic mass is 16.5. The summed E-state index contributed by atoms with van der Waals surface area (Å²) in [6, 6.07) is 17.7. The zero-order chi connectivity index (χ0) is 16.8. The molecule has 3 rings (SSSR count). The standard InChI is InChI=1S/C20H26N2O2/c1-17(16-22-13-11-21(2)12-14-22)23-19-9-6-10-20(15-19)24-18-7-4-3-5-8-18/h3-10,15,17H,11-14,16H2,1-2H3. The number of ether oxygens (including phenoxy) is 2. The normalized spacial score (nSPS) is 17.4. The van der Waals surface area contributed by atoms with E-state index in [1.165, 1.54) is 0 Å². The molecule has 1 heterocycles. The van der Waals surface area contributed by atoms with Crippen molar-refractivity contribution in [3.05, 3.63) is 54.6 Å². The lowest BCUT2D eigenvalue weighted by atomic mass is 10.2. The molecule has 0 N–H and O–H groups in total. The molecule has 128 valence electrons. The van der Waals surface area contributed by atoms with Crippen LogP contribution < -0.4 is 9.47 Å². The van der Waals surface area contributed by atoms with Crippen LogP contribution in [0.1, 0.15) is 6.92 Å². The summed E-state index contributed by atoms with van der Waals surface area (Å²) < 4.78 is 12.0. The van der Waals surface area contributed by atoms with Crippen LogP contribution in [0.3, 0.4) is 0 Å². The fourth-order valence-electron chi connectivity index (χ4n) is 2.90. The van der Waals surface area contributed by atoms with Crippen molar-refractivity contribution in [1.82, 2.24) is 9.80 Å². The minimum absolute atomic E-state index is 0.153. The number of hydrogen-bond acceptors (Lipinski definition) is 4. The number of rotatable bonds is 6. The van der Waals surface area contributed by atoms with Gasteiger partial charge < -0.3 is 14.4 Å². The average Bonchev–Trinajstić information content (AvgIpc) is 2.58. The van der Waals surface area contributed by atoms with Gasteiger partial charge >= 0.3 is 0 Å². The van der Waals surface area contributed by atoms with Crippen LogP contribution in [-0.4, -0.2) is 55.7 Å². The fourth-order valence-corrected chi connectivity index (χ4v) is 2.90. The number of benzene rings is 2. The molecule has 1 atom stereocenters. The first-order valence-electron chi connectivity index (χ1n) is 8.59. The van der Waals surface area contributed by atoms with Crippen molar-refractivity contribution in [2.24, 2.45) is 0 Å². The van der Waals surface area contributed by atoms with Gasteiger partial charge in [-0.1, -0.05) is 24.3 Å². The number of nitrogens with zero attached hydrogens (tertiary/aromatic N) is 2. The number of hydrogen-bond donors (Lipinski definition) is 0. The SMILES string of the molecule is CC(CN1CCN(C)CC1)Oc1cccc(Oc2ccccc2)c1. The van der Waals surface area contributed by atoms with E-state index in [-0.39, 0.29) is 6.10 Å². The van der Waals surface area contributed by atoms with Gasteiger partial charge in [0.1, 0.15) is 23.4 Å². The third-order valence-electron chi connectivity index (χ3n) is 4.23. The van der Waals surface area contributed by atoms with E-state index in [0.717, 1.165) is 50.0 Å². The predicted molar refractivity (Wildman–Crippen MR) is 97.0 cm³/mol. The van der Waals surface area contributed by atoms with E-state index < -0.39 is 0 Å². The van der Waals surface area contributed by atoms with Crippen molar-refractivity contribution >= 4 is 0 Å². The first-order valence-corrected chi connectivity index (χ1v) is 8.59. The smallest absolute Gasteiger partial charge is 0.131 e. The van der Waals surface area contributed by atoms with Gasteiger partial charge in [0.15, 0.2) is 0 Å². The Balaban J connectivity index is 1.54. The molecule has 0 aliphatic carbocycles. The molecule has 2 aromatic rings. The van der Waals surface area contributed by atoms with Gasteiger partial charge in [0.05, 0.1) is 0 Å². The van der Waals surface area contributed by atoms with Gasteiger partial charge in [0.2, 0.25) is 0 Å². The van der Waals surface area contributed by atoms with Crippen molar-refractivity contribution in [3.8, 4) is 17.2 Å². The van der Waals surface area contributed by atoms with E-state index in [9.17, 15) is 0 Å². The molecule has 0 bridgehead atoms. The molecule has 1 aliphatic heterocycles. The van der Waals surface area contributed by atoms with Crippen molar-refractivity contribution in [2.75, 3.05) is 39.8 Å². The third-order valence-corrected chi connectivity index (χ3v) is 4.23. The van der Waals surface area contributed by atoms with E-state index in [1.54, 1.807) is 0 Å².